The van der Waals surface area contributed by atoms with E-state index in [1.54, 1.807) is 20.4 Å². The molecule has 8 heteroatoms. The van der Waals surface area contributed by atoms with Gasteiger partial charge in [-0.3, -0.25) is 4.79 Å². The number of rotatable bonds is 6. The summed E-state index contributed by atoms with van der Waals surface area (Å²) in [4.78, 5) is 14.9. The molecule has 0 amide bonds. The smallest absolute Gasteiger partial charge is 0.292 e. The summed E-state index contributed by atoms with van der Waals surface area (Å²) < 4.78 is 12.0. The van der Waals surface area contributed by atoms with E-state index in [1.165, 1.54) is 4.68 Å². The molecule has 3 aromatic rings. The first-order valence-corrected chi connectivity index (χ1v) is 10.5. The number of ether oxygens (including phenoxy) is 2. The molecule has 0 aliphatic carbocycles. The number of nitrogens with zero attached hydrogens (tertiary/aromatic N) is 3. The fraction of sp³-hybridized carbons (Fsp3) is 0.304. The van der Waals surface area contributed by atoms with Crippen molar-refractivity contribution in [2.45, 2.75) is 18.9 Å². The van der Waals surface area contributed by atoms with Crippen LogP contribution in [-0.2, 0) is 0 Å². The van der Waals surface area contributed by atoms with Gasteiger partial charge in [-0.05, 0) is 25.0 Å². The van der Waals surface area contributed by atoms with Crippen molar-refractivity contribution >= 4 is 23.0 Å². The molecule has 1 fully saturated rings. The summed E-state index contributed by atoms with van der Waals surface area (Å²) in [5.41, 5.74) is 2.02. The van der Waals surface area contributed by atoms with Crippen LogP contribution in [0.1, 0.15) is 12.8 Å². The Morgan fingerprint density at radius 2 is 1.68 bits per heavy atom. The number of anilines is 2. The molecule has 1 saturated heterocycles. The second-order valence-electron chi connectivity index (χ2n) is 7.40. The average molecular weight is 441 g/mol. The summed E-state index contributed by atoms with van der Waals surface area (Å²) in [6, 6.07) is 15.3. The fourth-order valence-corrected chi connectivity index (χ4v) is 4.04. The van der Waals surface area contributed by atoms with E-state index in [9.17, 15) is 4.79 Å². The Hall–Kier alpha value is -3.19. The number of methoxy groups -OCH3 is 2. The average Bonchev–Trinajstić information content (AvgIpc) is 2.81. The van der Waals surface area contributed by atoms with Crippen molar-refractivity contribution < 1.29 is 9.47 Å². The van der Waals surface area contributed by atoms with Gasteiger partial charge in [-0.25, -0.2) is 0 Å². The lowest BCUT2D eigenvalue weighted by Gasteiger charge is -2.34. The number of halogens is 1. The van der Waals surface area contributed by atoms with E-state index in [0.29, 0.717) is 17.4 Å². The minimum Gasteiger partial charge on any atom is -0.497 e. The first-order valence-electron chi connectivity index (χ1n) is 10.2. The van der Waals surface area contributed by atoms with Gasteiger partial charge in [-0.1, -0.05) is 29.8 Å². The summed E-state index contributed by atoms with van der Waals surface area (Å²) in [5, 5.41) is 8.10. The van der Waals surface area contributed by atoms with E-state index < -0.39 is 0 Å². The summed E-state index contributed by atoms with van der Waals surface area (Å²) in [7, 11) is 3.28. The lowest BCUT2D eigenvalue weighted by Crippen LogP contribution is -2.40. The quantitative estimate of drug-likeness (QED) is 0.625. The second kappa shape index (κ2) is 9.31. The highest BCUT2D eigenvalue weighted by Gasteiger charge is 2.23. The molecule has 162 valence electrons. The van der Waals surface area contributed by atoms with Crippen molar-refractivity contribution in [2.24, 2.45) is 0 Å². The van der Waals surface area contributed by atoms with Crippen LogP contribution in [0.4, 0.5) is 11.4 Å². The van der Waals surface area contributed by atoms with Gasteiger partial charge in [0.2, 0.25) is 0 Å². The summed E-state index contributed by atoms with van der Waals surface area (Å²) in [6.07, 6.45) is 3.48. The molecule has 0 unspecified atom stereocenters. The van der Waals surface area contributed by atoms with Gasteiger partial charge in [-0.15, -0.1) is 0 Å². The molecule has 2 aromatic carbocycles. The van der Waals surface area contributed by atoms with E-state index in [-0.39, 0.29) is 10.6 Å². The number of nitrogens with one attached hydrogen (secondary N) is 1. The molecular weight excluding hydrogens is 416 g/mol. The van der Waals surface area contributed by atoms with Crippen LogP contribution in [0.15, 0.2) is 59.5 Å². The molecule has 0 spiro atoms. The Bertz CT molecular complexity index is 1070. The van der Waals surface area contributed by atoms with Crippen LogP contribution in [0.25, 0.3) is 5.69 Å². The topological polar surface area (TPSA) is 68.6 Å². The van der Waals surface area contributed by atoms with Gasteiger partial charge in [0, 0.05) is 43.0 Å². The molecule has 1 aliphatic rings. The largest absolute Gasteiger partial charge is 0.497 e. The maximum Gasteiger partial charge on any atom is 0.292 e. The first-order chi connectivity index (χ1) is 15.1. The van der Waals surface area contributed by atoms with E-state index in [1.807, 2.05) is 48.5 Å². The van der Waals surface area contributed by atoms with Crippen LogP contribution >= 0.6 is 11.6 Å². The SMILES string of the molecule is COc1cc(NC2CCN(c3cnn(-c4ccccc4)c(=O)c3Cl)CC2)cc(OC)c1. The van der Waals surface area contributed by atoms with Crippen LogP contribution in [-0.4, -0.2) is 43.1 Å². The molecule has 4 rings (SSSR count). The van der Waals surface area contributed by atoms with E-state index in [2.05, 4.69) is 15.3 Å². The Morgan fingerprint density at radius 1 is 1.03 bits per heavy atom. The predicted octanol–water partition coefficient (Wildman–Crippen LogP) is 3.98. The third-order valence-corrected chi connectivity index (χ3v) is 5.81. The summed E-state index contributed by atoms with van der Waals surface area (Å²) in [6.45, 7) is 1.55. The van der Waals surface area contributed by atoms with Crippen molar-refractivity contribution in [1.82, 2.24) is 9.78 Å². The Balaban J connectivity index is 1.45. The van der Waals surface area contributed by atoms with Gasteiger partial charge in [0.15, 0.2) is 0 Å². The molecule has 7 nitrogen and oxygen atoms in total. The second-order valence-corrected chi connectivity index (χ2v) is 7.78. The first kappa shape index (κ1) is 21.1. The Kier molecular flexibility index (Phi) is 6.32. The summed E-state index contributed by atoms with van der Waals surface area (Å²) >= 11 is 6.46. The number of para-hydroxylation sites is 1. The zero-order chi connectivity index (χ0) is 21.8. The molecule has 31 heavy (non-hydrogen) atoms. The maximum absolute atomic E-state index is 12.8. The standard InChI is InChI=1S/C23H25ClN4O3/c1-30-19-12-17(13-20(14-19)31-2)26-16-8-10-27(11-9-16)21-15-25-28(23(29)22(21)24)18-6-4-3-5-7-18/h3-7,12-16,26H,8-11H2,1-2H3. The molecule has 1 aliphatic heterocycles. The highest BCUT2D eigenvalue weighted by atomic mass is 35.5. The van der Waals surface area contributed by atoms with Gasteiger partial charge in [0.05, 0.1) is 31.8 Å². The summed E-state index contributed by atoms with van der Waals surface area (Å²) in [5.74, 6) is 1.49. The lowest BCUT2D eigenvalue weighted by atomic mass is 10.0. The fourth-order valence-electron chi connectivity index (χ4n) is 3.79. The van der Waals surface area contributed by atoms with Crippen LogP contribution in [0.2, 0.25) is 5.02 Å². The molecule has 0 bridgehead atoms. The van der Waals surface area contributed by atoms with Gasteiger partial charge in [0.25, 0.3) is 5.56 Å². The van der Waals surface area contributed by atoms with Gasteiger partial charge < -0.3 is 19.7 Å². The minimum absolute atomic E-state index is 0.197. The molecule has 2 heterocycles. The van der Waals surface area contributed by atoms with E-state index in [4.69, 9.17) is 21.1 Å². The van der Waals surface area contributed by atoms with Crippen LogP contribution in [0.3, 0.4) is 0 Å². The third kappa shape index (κ3) is 4.61. The minimum atomic E-state index is -0.311. The highest BCUT2D eigenvalue weighted by Crippen LogP contribution is 2.29. The Morgan fingerprint density at radius 3 is 2.29 bits per heavy atom. The molecular formula is C23H25ClN4O3. The van der Waals surface area contributed by atoms with Crippen molar-refractivity contribution in [3.05, 3.63) is 70.1 Å². The van der Waals surface area contributed by atoms with E-state index >= 15 is 0 Å². The molecule has 1 N–H and O–H groups in total. The van der Waals surface area contributed by atoms with Crippen molar-refractivity contribution in [1.29, 1.82) is 0 Å². The molecule has 0 radical (unpaired) electrons. The molecule has 0 saturated carbocycles. The van der Waals surface area contributed by atoms with Crippen molar-refractivity contribution in [3.8, 4) is 17.2 Å². The van der Waals surface area contributed by atoms with Crippen LogP contribution in [0, 0.1) is 0 Å². The lowest BCUT2D eigenvalue weighted by molar-refractivity contribution is 0.394. The third-order valence-electron chi connectivity index (χ3n) is 5.46. The zero-order valence-electron chi connectivity index (χ0n) is 17.5. The van der Waals surface area contributed by atoms with Gasteiger partial charge in [-0.2, -0.15) is 9.78 Å². The van der Waals surface area contributed by atoms with Gasteiger partial charge >= 0.3 is 0 Å². The van der Waals surface area contributed by atoms with Gasteiger partial charge in [0.1, 0.15) is 16.5 Å². The Labute approximate surface area is 186 Å². The predicted molar refractivity (Wildman–Crippen MR) is 123 cm³/mol. The number of hydrogen-bond donors (Lipinski definition) is 1. The maximum atomic E-state index is 12.8. The van der Waals surface area contributed by atoms with Crippen molar-refractivity contribution in [2.75, 3.05) is 37.5 Å². The van der Waals surface area contributed by atoms with E-state index in [0.717, 1.165) is 43.1 Å². The van der Waals surface area contributed by atoms with Crippen LogP contribution in [0.5, 0.6) is 11.5 Å². The normalized spacial score (nSPS) is 14.4. The molecule has 0 atom stereocenters. The monoisotopic (exact) mass is 440 g/mol. The molecule has 1 aromatic heterocycles. The number of aromatic nitrogens is 2. The number of piperidine rings is 1. The highest BCUT2D eigenvalue weighted by molar-refractivity contribution is 6.33. The number of benzene rings is 2. The van der Waals surface area contributed by atoms with Crippen molar-refractivity contribution in [3.63, 3.8) is 0 Å². The van der Waals surface area contributed by atoms with Crippen LogP contribution < -0.4 is 25.2 Å². The number of hydrogen-bond acceptors (Lipinski definition) is 6. The zero-order valence-corrected chi connectivity index (χ0v) is 18.3.